The molecule has 0 fully saturated rings. The van der Waals surface area contributed by atoms with Crippen LogP contribution in [-0.4, -0.2) is 13.5 Å². The number of hydrogen-bond acceptors (Lipinski definition) is 3. The van der Waals surface area contributed by atoms with Crippen LogP contribution in [0.4, 0.5) is 5.69 Å². The Kier molecular flexibility index (Phi) is 4.72. The van der Waals surface area contributed by atoms with Crippen LogP contribution in [-0.2, 0) is 10.0 Å². The van der Waals surface area contributed by atoms with Crippen LogP contribution in [0.3, 0.4) is 0 Å². The smallest absolute Gasteiger partial charge is 0.263 e. The maximum atomic E-state index is 12.4. The number of anilines is 1. The molecule has 2 aromatic rings. The highest BCUT2D eigenvalue weighted by Gasteiger charge is 2.19. The molecule has 0 unspecified atom stereocenters. The number of benzene rings is 2. The van der Waals surface area contributed by atoms with Crippen LogP contribution in [0, 0.1) is 6.92 Å². The molecule has 0 bridgehead atoms. The van der Waals surface area contributed by atoms with Crippen LogP contribution >= 0.6 is 39.1 Å². The summed E-state index contributed by atoms with van der Waals surface area (Å²) < 4.78 is 27.5. The van der Waals surface area contributed by atoms with Crippen molar-refractivity contribution in [3.63, 3.8) is 0 Å². The van der Waals surface area contributed by atoms with Crippen LogP contribution in [0.25, 0.3) is 0 Å². The fourth-order valence-corrected chi connectivity index (χ4v) is 4.38. The van der Waals surface area contributed by atoms with E-state index in [4.69, 9.17) is 23.2 Å². The summed E-state index contributed by atoms with van der Waals surface area (Å²) in [6, 6.07) is 7.44. The Hall–Kier alpha value is -0.950. The van der Waals surface area contributed by atoms with E-state index in [-0.39, 0.29) is 26.4 Å². The zero-order valence-corrected chi connectivity index (χ0v) is 14.6. The second kappa shape index (κ2) is 6.04. The summed E-state index contributed by atoms with van der Waals surface area (Å²) in [5.41, 5.74) is 1.09. The van der Waals surface area contributed by atoms with Gasteiger partial charge in [0.1, 0.15) is 4.90 Å². The first kappa shape index (κ1) is 16.4. The Bertz CT molecular complexity index is 786. The van der Waals surface area contributed by atoms with E-state index < -0.39 is 10.0 Å². The Morgan fingerprint density at radius 1 is 1.14 bits per heavy atom. The van der Waals surface area contributed by atoms with E-state index in [0.29, 0.717) is 4.47 Å². The van der Waals surface area contributed by atoms with Gasteiger partial charge in [0, 0.05) is 4.47 Å². The van der Waals surface area contributed by atoms with Crippen molar-refractivity contribution in [2.24, 2.45) is 0 Å². The highest BCUT2D eigenvalue weighted by Crippen LogP contribution is 2.35. The number of nitrogens with one attached hydrogen (secondary N) is 1. The third-order valence-electron chi connectivity index (χ3n) is 2.65. The first-order valence-electron chi connectivity index (χ1n) is 5.67. The topological polar surface area (TPSA) is 66.4 Å². The lowest BCUT2D eigenvalue weighted by molar-refractivity contribution is 0.476. The van der Waals surface area contributed by atoms with Crippen LogP contribution in [0.2, 0.25) is 10.0 Å². The number of sulfonamides is 1. The van der Waals surface area contributed by atoms with Crippen LogP contribution < -0.4 is 4.72 Å². The van der Waals surface area contributed by atoms with Gasteiger partial charge in [-0.2, -0.15) is 0 Å². The predicted octanol–water partition coefficient (Wildman–Crippen LogP) is 4.57. The monoisotopic (exact) mass is 409 g/mol. The van der Waals surface area contributed by atoms with Gasteiger partial charge in [0.2, 0.25) is 0 Å². The molecule has 0 aromatic heterocycles. The third kappa shape index (κ3) is 3.63. The van der Waals surface area contributed by atoms with Crippen molar-refractivity contribution in [1.29, 1.82) is 0 Å². The van der Waals surface area contributed by atoms with Crippen molar-refractivity contribution < 1.29 is 13.5 Å². The molecular formula is C13H10BrCl2NO3S. The molecule has 0 aliphatic heterocycles. The van der Waals surface area contributed by atoms with Gasteiger partial charge >= 0.3 is 0 Å². The lowest BCUT2D eigenvalue weighted by Crippen LogP contribution is -2.13. The number of hydrogen-bond donors (Lipinski definition) is 2. The first-order chi connectivity index (χ1) is 9.70. The summed E-state index contributed by atoms with van der Waals surface area (Å²) in [5.74, 6) is -0.294. The maximum Gasteiger partial charge on any atom is 0.263 e. The molecular weight excluding hydrogens is 401 g/mol. The SMILES string of the molecule is Cc1ccc(S(=O)(=O)Nc2cc(Cl)c(O)c(Cl)c2)c(Br)c1. The van der Waals surface area contributed by atoms with Crippen LogP contribution in [0.15, 0.2) is 39.7 Å². The number of phenols is 1. The number of halogens is 3. The zero-order valence-electron chi connectivity index (χ0n) is 10.7. The van der Waals surface area contributed by atoms with E-state index in [1.165, 1.54) is 18.2 Å². The van der Waals surface area contributed by atoms with Crippen molar-refractivity contribution in [1.82, 2.24) is 0 Å². The van der Waals surface area contributed by atoms with Crippen LogP contribution in [0.1, 0.15) is 5.56 Å². The molecule has 0 aliphatic rings. The summed E-state index contributed by atoms with van der Waals surface area (Å²) in [4.78, 5) is 0.0911. The largest absolute Gasteiger partial charge is 0.505 e. The Morgan fingerprint density at radius 2 is 1.71 bits per heavy atom. The van der Waals surface area contributed by atoms with Crippen molar-refractivity contribution in [2.45, 2.75) is 11.8 Å². The number of rotatable bonds is 3. The summed E-state index contributed by atoms with van der Waals surface area (Å²) in [7, 11) is -3.80. The second-order valence-corrected chi connectivity index (χ2v) is 7.65. The summed E-state index contributed by atoms with van der Waals surface area (Å²) in [5, 5.41) is 9.39. The summed E-state index contributed by atoms with van der Waals surface area (Å²) in [6.45, 7) is 1.86. The molecule has 0 atom stereocenters. The second-order valence-electron chi connectivity index (χ2n) is 4.33. The van der Waals surface area contributed by atoms with E-state index in [9.17, 15) is 13.5 Å². The zero-order chi connectivity index (χ0) is 15.8. The maximum absolute atomic E-state index is 12.4. The molecule has 112 valence electrons. The molecule has 2 N–H and O–H groups in total. The molecule has 0 amide bonds. The molecule has 21 heavy (non-hydrogen) atoms. The van der Waals surface area contributed by atoms with Crippen molar-refractivity contribution in [3.8, 4) is 5.75 Å². The molecule has 0 radical (unpaired) electrons. The van der Waals surface area contributed by atoms with Crippen LogP contribution in [0.5, 0.6) is 5.75 Å². The number of aryl methyl sites for hydroxylation is 1. The molecule has 0 heterocycles. The van der Waals surface area contributed by atoms with E-state index in [1.54, 1.807) is 12.1 Å². The number of phenolic OH excluding ortho intramolecular Hbond substituents is 1. The molecule has 0 spiro atoms. The molecule has 0 aliphatic carbocycles. The number of aromatic hydroxyl groups is 1. The lowest BCUT2D eigenvalue weighted by atomic mass is 10.2. The van der Waals surface area contributed by atoms with Crippen molar-refractivity contribution in [2.75, 3.05) is 4.72 Å². The minimum Gasteiger partial charge on any atom is -0.505 e. The van der Waals surface area contributed by atoms with Gasteiger partial charge in [-0.25, -0.2) is 8.42 Å². The van der Waals surface area contributed by atoms with Gasteiger partial charge in [-0.3, -0.25) is 4.72 Å². The van der Waals surface area contributed by atoms with Gasteiger partial charge in [0.25, 0.3) is 10.0 Å². The van der Waals surface area contributed by atoms with E-state index in [1.807, 2.05) is 6.92 Å². The molecule has 2 rings (SSSR count). The van der Waals surface area contributed by atoms with Crippen molar-refractivity contribution in [3.05, 3.63) is 50.4 Å². The van der Waals surface area contributed by atoms with E-state index in [0.717, 1.165) is 5.56 Å². The van der Waals surface area contributed by atoms with Gasteiger partial charge in [-0.15, -0.1) is 0 Å². The molecule has 4 nitrogen and oxygen atoms in total. The highest BCUT2D eigenvalue weighted by molar-refractivity contribution is 9.10. The minimum atomic E-state index is -3.80. The van der Waals surface area contributed by atoms with E-state index in [2.05, 4.69) is 20.7 Å². The van der Waals surface area contributed by atoms with Gasteiger partial charge in [-0.1, -0.05) is 29.3 Å². The van der Waals surface area contributed by atoms with Crippen molar-refractivity contribution >= 4 is 54.8 Å². The third-order valence-corrected chi connectivity index (χ3v) is 5.58. The average Bonchev–Trinajstić information content (AvgIpc) is 2.34. The van der Waals surface area contributed by atoms with E-state index >= 15 is 0 Å². The first-order valence-corrected chi connectivity index (χ1v) is 8.71. The predicted molar refractivity (Wildman–Crippen MR) is 87.8 cm³/mol. The molecule has 2 aromatic carbocycles. The standard InChI is InChI=1S/C13H10BrCl2NO3S/c1-7-2-3-12(9(14)4-7)21(19,20)17-8-5-10(15)13(18)11(16)6-8/h2-6,17-18H,1H3. The fraction of sp³-hybridized carbons (Fsp3) is 0.0769. The van der Waals surface area contributed by atoms with Gasteiger partial charge < -0.3 is 5.11 Å². The van der Waals surface area contributed by atoms with Gasteiger partial charge in [-0.05, 0) is 52.7 Å². The summed E-state index contributed by atoms with van der Waals surface area (Å²) in [6.07, 6.45) is 0. The molecule has 0 saturated carbocycles. The Balaban J connectivity index is 2.42. The molecule has 8 heteroatoms. The van der Waals surface area contributed by atoms with Gasteiger partial charge in [0.05, 0.1) is 15.7 Å². The normalized spacial score (nSPS) is 11.4. The highest BCUT2D eigenvalue weighted by atomic mass is 79.9. The quantitative estimate of drug-likeness (QED) is 0.728. The Morgan fingerprint density at radius 3 is 2.24 bits per heavy atom. The Labute approximate surface area is 140 Å². The minimum absolute atomic E-state index is 0.0387. The fourth-order valence-electron chi connectivity index (χ4n) is 1.66. The van der Waals surface area contributed by atoms with Gasteiger partial charge in [0.15, 0.2) is 5.75 Å². The lowest BCUT2D eigenvalue weighted by Gasteiger charge is -2.11. The molecule has 0 saturated heterocycles. The summed E-state index contributed by atoms with van der Waals surface area (Å²) >= 11 is 14.8. The average molecular weight is 411 g/mol.